The fraction of sp³-hybridized carbons (Fsp3) is 0.474. The highest BCUT2D eigenvalue weighted by Crippen LogP contribution is 2.18. The second-order valence-corrected chi connectivity index (χ2v) is 6.94. The normalized spacial score (nSPS) is 20.6. The Morgan fingerprint density at radius 1 is 1.28 bits per heavy atom. The van der Waals surface area contributed by atoms with E-state index in [1.54, 1.807) is 0 Å². The standard InChI is InChI=1S/C19H27N5O/c1-15-10-21-24(11-15)9-8-20-19(25)22-18-14-23(12-16(18)2)13-17-6-4-3-5-7-17/h3-7,10-11,16,18H,8-9,12-14H2,1-2H3,(H2,20,22,25)/t16-,18-/m1/s1. The first kappa shape index (κ1) is 17.5. The molecule has 1 aliphatic rings. The van der Waals surface area contributed by atoms with Gasteiger partial charge >= 0.3 is 6.03 Å². The Balaban J connectivity index is 1.40. The molecule has 134 valence electrons. The van der Waals surface area contributed by atoms with Crippen LogP contribution in [0.5, 0.6) is 0 Å². The molecule has 1 aromatic heterocycles. The van der Waals surface area contributed by atoms with Gasteiger partial charge in [0.25, 0.3) is 0 Å². The topological polar surface area (TPSA) is 62.2 Å². The number of benzene rings is 1. The van der Waals surface area contributed by atoms with Crippen LogP contribution in [0.4, 0.5) is 4.79 Å². The smallest absolute Gasteiger partial charge is 0.315 e. The van der Waals surface area contributed by atoms with Crippen molar-refractivity contribution in [3.8, 4) is 0 Å². The fourth-order valence-corrected chi connectivity index (χ4v) is 3.32. The Labute approximate surface area is 149 Å². The molecule has 2 N–H and O–H groups in total. The van der Waals surface area contributed by atoms with E-state index in [-0.39, 0.29) is 12.1 Å². The highest BCUT2D eigenvalue weighted by Gasteiger charge is 2.30. The van der Waals surface area contributed by atoms with Crippen molar-refractivity contribution in [2.45, 2.75) is 33.0 Å². The summed E-state index contributed by atoms with van der Waals surface area (Å²) in [5.41, 5.74) is 2.44. The second kappa shape index (κ2) is 8.16. The molecule has 0 saturated carbocycles. The summed E-state index contributed by atoms with van der Waals surface area (Å²) in [4.78, 5) is 14.5. The number of hydrogen-bond donors (Lipinski definition) is 2. The molecule has 0 unspecified atom stereocenters. The van der Waals surface area contributed by atoms with Crippen LogP contribution in [0.25, 0.3) is 0 Å². The molecule has 2 aromatic rings. The molecular formula is C19H27N5O. The van der Waals surface area contributed by atoms with E-state index in [9.17, 15) is 4.79 Å². The third-order valence-electron chi connectivity index (χ3n) is 4.64. The average molecular weight is 341 g/mol. The van der Waals surface area contributed by atoms with Gasteiger partial charge in [0, 0.05) is 38.4 Å². The van der Waals surface area contributed by atoms with Gasteiger partial charge in [0.05, 0.1) is 12.7 Å². The zero-order valence-corrected chi connectivity index (χ0v) is 15.0. The molecular weight excluding hydrogens is 314 g/mol. The molecule has 0 radical (unpaired) electrons. The summed E-state index contributed by atoms with van der Waals surface area (Å²) in [5.74, 6) is 0.447. The Bertz CT molecular complexity index is 684. The fourth-order valence-electron chi connectivity index (χ4n) is 3.32. The van der Waals surface area contributed by atoms with Crippen LogP contribution in [0.3, 0.4) is 0 Å². The molecule has 2 amide bonds. The number of likely N-dealkylation sites (tertiary alicyclic amines) is 1. The van der Waals surface area contributed by atoms with Crippen LogP contribution in [0.2, 0.25) is 0 Å². The van der Waals surface area contributed by atoms with Crippen molar-refractivity contribution in [2.75, 3.05) is 19.6 Å². The number of carbonyl (C=O) groups is 1. The Morgan fingerprint density at radius 3 is 2.80 bits per heavy atom. The van der Waals surface area contributed by atoms with E-state index < -0.39 is 0 Å². The zero-order valence-electron chi connectivity index (χ0n) is 15.0. The third kappa shape index (κ3) is 5.06. The molecule has 1 aromatic carbocycles. The quantitative estimate of drug-likeness (QED) is 0.845. The summed E-state index contributed by atoms with van der Waals surface area (Å²) in [7, 11) is 0. The van der Waals surface area contributed by atoms with E-state index in [4.69, 9.17) is 0 Å². The van der Waals surface area contributed by atoms with E-state index in [1.807, 2.05) is 30.1 Å². The summed E-state index contributed by atoms with van der Waals surface area (Å²) >= 11 is 0. The van der Waals surface area contributed by atoms with Gasteiger partial charge in [-0.1, -0.05) is 37.3 Å². The summed E-state index contributed by atoms with van der Waals surface area (Å²) in [5, 5.41) is 10.3. The minimum absolute atomic E-state index is 0.0951. The average Bonchev–Trinajstić information content (AvgIpc) is 3.14. The van der Waals surface area contributed by atoms with Gasteiger partial charge in [0.2, 0.25) is 0 Å². The third-order valence-corrected chi connectivity index (χ3v) is 4.64. The number of carbonyl (C=O) groups excluding carboxylic acids is 1. The van der Waals surface area contributed by atoms with Crippen LogP contribution < -0.4 is 10.6 Å². The summed E-state index contributed by atoms with van der Waals surface area (Å²) in [6.07, 6.45) is 3.79. The summed E-state index contributed by atoms with van der Waals surface area (Å²) in [6.45, 7) is 8.29. The number of aryl methyl sites for hydroxylation is 1. The largest absolute Gasteiger partial charge is 0.336 e. The van der Waals surface area contributed by atoms with Gasteiger partial charge in [0.15, 0.2) is 0 Å². The van der Waals surface area contributed by atoms with Crippen LogP contribution in [0, 0.1) is 12.8 Å². The minimum Gasteiger partial charge on any atom is -0.336 e. The molecule has 2 heterocycles. The predicted octanol–water partition coefficient (Wildman–Crippen LogP) is 2.01. The highest BCUT2D eigenvalue weighted by molar-refractivity contribution is 5.74. The molecule has 3 rings (SSSR count). The maximum atomic E-state index is 12.1. The molecule has 1 fully saturated rings. The van der Waals surface area contributed by atoms with Crippen LogP contribution in [0.1, 0.15) is 18.1 Å². The Hall–Kier alpha value is -2.34. The van der Waals surface area contributed by atoms with Gasteiger partial charge in [0.1, 0.15) is 0 Å². The van der Waals surface area contributed by atoms with Crippen molar-refractivity contribution < 1.29 is 4.79 Å². The minimum atomic E-state index is -0.0951. The monoisotopic (exact) mass is 341 g/mol. The van der Waals surface area contributed by atoms with E-state index in [0.29, 0.717) is 19.0 Å². The first-order valence-electron chi connectivity index (χ1n) is 8.90. The molecule has 0 bridgehead atoms. The van der Waals surface area contributed by atoms with E-state index in [2.05, 4.69) is 51.8 Å². The number of aromatic nitrogens is 2. The lowest BCUT2D eigenvalue weighted by molar-refractivity contribution is 0.234. The Morgan fingerprint density at radius 2 is 2.08 bits per heavy atom. The number of nitrogens with zero attached hydrogens (tertiary/aromatic N) is 3. The van der Waals surface area contributed by atoms with Crippen molar-refractivity contribution in [1.82, 2.24) is 25.3 Å². The first-order chi connectivity index (χ1) is 12.1. The number of urea groups is 1. The van der Waals surface area contributed by atoms with Gasteiger partial charge in [-0.2, -0.15) is 5.10 Å². The van der Waals surface area contributed by atoms with Crippen LogP contribution in [-0.2, 0) is 13.1 Å². The van der Waals surface area contributed by atoms with E-state index in [1.165, 1.54) is 5.56 Å². The maximum absolute atomic E-state index is 12.1. The van der Waals surface area contributed by atoms with Crippen LogP contribution in [0.15, 0.2) is 42.7 Å². The molecule has 0 aliphatic carbocycles. The van der Waals surface area contributed by atoms with Gasteiger partial charge in [-0.25, -0.2) is 4.79 Å². The molecule has 1 saturated heterocycles. The van der Waals surface area contributed by atoms with Gasteiger partial charge in [-0.3, -0.25) is 9.58 Å². The van der Waals surface area contributed by atoms with Crippen LogP contribution >= 0.6 is 0 Å². The van der Waals surface area contributed by atoms with Gasteiger partial charge in [-0.15, -0.1) is 0 Å². The molecule has 6 heteroatoms. The second-order valence-electron chi connectivity index (χ2n) is 6.94. The summed E-state index contributed by atoms with van der Waals surface area (Å²) in [6, 6.07) is 10.6. The van der Waals surface area contributed by atoms with Crippen molar-refractivity contribution in [3.05, 3.63) is 53.9 Å². The maximum Gasteiger partial charge on any atom is 0.315 e. The van der Waals surface area contributed by atoms with Crippen molar-refractivity contribution in [2.24, 2.45) is 5.92 Å². The molecule has 25 heavy (non-hydrogen) atoms. The van der Waals surface area contributed by atoms with E-state index in [0.717, 1.165) is 25.2 Å². The highest BCUT2D eigenvalue weighted by atomic mass is 16.2. The van der Waals surface area contributed by atoms with E-state index >= 15 is 0 Å². The van der Waals surface area contributed by atoms with Crippen molar-refractivity contribution in [3.63, 3.8) is 0 Å². The lowest BCUT2D eigenvalue weighted by Gasteiger charge is -2.18. The first-order valence-corrected chi connectivity index (χ1v) is 8.90. The van der Waals surface area contributed by atoms with Gasteiger partial charge in [-0.05, 0) is 24.0 Å². The number of amides is 2. The van der Waals surface area contributed by atoms with Crippen molar-refractivity contribution in [1.29, 1.82) is 0 Å². The number of hydrogen-bond acceptors (Lipinski definition) is 3. The summed E-state index contributed by atoms with van der Waals surface area (Å²) < 4.78 is 1.84. The lowest BCUT2D eigenvalue weighted by Crippen LogP contribution is -2.46. The number of rotatable bonds is 6. The molecule has 0 spiro atoms. The van der Waals surface area contributed by atoms with Crippen molar-refractivity contribution >= 4 is 6.03 Å². The van der Waals surface area contributed by atoms with Crippen LogP contribution in [-0.4, -0.2) is 46.4 Å². The lowest BCUT2D eigenvalue weighted by atomic mass is 10.1. The molecule has 1 aliphatic heterocycles. The predicted molar refractivity (Wildman–Crippen MR) is 98.2 cm³/mol. The zero-order chi connectivity index (χ0) is 17.6. The SMILES string of the molecule is Cc1cnn(CCNC(=O)N[C@@H]2CN(Cc3ccccc3)C[C@H]2C)c1. The Kier molecular flexibility index (Phi) is 5.71. The van der Waals surface area contributed by atoms with Gasteiger partial charge < -0.3 is 10.6 Å². The molecule has 2 atom stereocenters. The molecule has 6 nitrogen and oxygen atoms in total. The number of nitrogens with one attached hydrogen (secondary N) is 2.